The molecule has 0 radical (unpaired) electrons. The number of para-hydroxylation sites is 1. The van der Waals surface area contributed by atoms with Gasteiger partial charge in [-0.25, -0.2) is 0 Å². The first-order valence-electron chi connectivity index (χ1n) is 9.28. The molecule has 1 heterocycles. The monoisotopic (exact) mass is 416 g/mol. The van der Waals surface area contributed by atoms with E-state index in [0.29, 0.717) is 11.3 Å². The van der Waals surface area contributed by atoms with Crippen molar-refractivity contribution in [3.8, 4) is 5.75 Å². The molecule has 8 nitrogen and oxygen atoms in total. The number of aliphatic hydroxyl groups is 1. The quantitative estimate of drug-likeness (QED) is 0.219. The van der Waals surface area contributed by atoms with Crippen LogP contribution in [0.1, 0.15) is 17.2 Å². The highest BCUT2D eigenvalue weighted by molar-refractivity contribution is 6.51. The van der Waals surface area contributed by atoms with Crippen LogP contribution in [0.2, 0.25) is 0 Å². The summed E-state index contributed by atoms with van der Waals surface area (Å²) in [5, 5.41) is 31.7. The zero-order chi connectivity index (χ0) is 22.1. The molecule has 154 valence electrons. The SMILES string of the molecule is O=C1C(=O)N(c2ccccc2)C(c2ccc(O)cc2)/C1=C(/O)c1cccc([N+](=O)[O-])c1. The number of nitro benzene ring substituents is 1. The van der Waals surface area contributed by atoms with E-state index in [-0.39, 0.29) is 22.6 Å². The van der Waals surface area contributed by atoms with Gasteiger partial charge in [-0.2, -0.15) is 0 Å². The van der Waals surface area contributed by atoms with Crippen LogP contribution in [0.15, 0.2) is 84.4 Å². The van der Waals surface area contributed by atoms with Crippen LogP contribution >= 0.6 is 0 Å². The van der Waals surface area contributed by atoms with Crippen LogP contribution in [0.4, 0.5) is 11.4 Å². The molecule has 1 amide bonds. The number of carbonyl (C=O) groups excluding carboxylic acids is 2. The molecule has 0 aromatic heterocycles. The second-order valence-corrected chi connectivity index (χ2v) is 6.90. The summed E-state index contributed by atoms with van der Waals surface area (Å²) in [6, 6.07) is 18.6. The van der Waals surface area contributed by atoms with Crippen LogP contribution < -0.4 is 4.90 Å². The second kappa shape index (κ2) is 7.75. The Bertz CT molecular complexity index is 1220. The predicted octanol–water partition coefficient (Wildman–Crippen LogP) is 3.93. The lowest BCUT2D eigenvalue weighted by atomic mass is 9.95. The molecule has 4 rings (SSSR count). The number of anilines is 1. The van der Waals surface area contributed by atoms with E-state index in [9.17, 15) is 29.9 Å². The standard InChI is InChI=1S/C23H16N2O6/c26-18-11-9-14(10-12-18)20-19(21(27)15-5-4-8-17(13-15)25(30)31)22(28)23(29)24(20)16-6-2-1-3-7-16/h1-13,20,26-27H/b21-19-. The van der Waals surface area contributed by atoms with Gasteiger partial charge in [0, 0.05) is 23.4 Å². The smallest absolute Gasteiger partial charge is 0.300 e. The maximum Gasteiger partial charge on any atom is 0.300 e. The number of aliphatic hydroxyl groups excluding tert-OH is 1. The average molecular weight is 416 g/mol. The number of amides is 1. The third kappa shape index (κ3) is 3.51. The molecule has 1 saturated heterocycles. The Balaban J connectivity index is 1.94. The minimum absolute atomic E-state index is 0.000836. The summed E-state index contributed by atoms with van der Waals surface area (Å²) in [5.74, 6) is -2.26. The van der Waals surface area contributed by atoms with E-state index in [1.54, 1.807) is 42.5 Å². The number of phenolic OH excluding ortho intramolecular Hbond substituents is 1. The van der Waals surface area contributed by atoms with Gasteiger partial charge >= 0.3 is 0 Å². The fourth-order valence-corrected chi connectivity index (χ4v) is 3.58. The molecule has 1 atom stereocenters. The van der Waals surface area contributed by atoms with Gasteiger partial charge in [-0.1, -0.05) is 42.5 Å². The van der Waals surface area contributed by atoms with E-state index < -0.39 is 28.4 Å². The summed E-state index contributed by atoms with van der Waals surface area (Å²) in [5.41, 5.74) is 0.514. The highest BCUT2D eigenvalue weighted by Gasteiger charge is 2.47. The van der Waals surface area contributed by atoms with Crippen molar-refractivity contribution >= 4 is 28.8 Å². The van der Waals surface area contributed by atoms with Crippen molar-refractivity contribution in [1.82, 2.24) is 0 Å². The molecule has 1 fully saturated rings. The molecule has 2 N–H and O–H groups in total. The van der Waals surface area contributed by atoms with Gasteiger partial charge in [-0.15, -0.1) is 0 Å². The van der Waals surface area contributed by atoms with Gasteiger partial charge in [0.15, 0.2) is 0 Å². The maximum atomic E-state index is 13.0. The van der Waals surface area contributed by atoms with E-state index in [1.165, 1.54) is 35.2 Å². The number of nitro groups is 1. The normalized spacial score (nSPS) is 17.7. The number of Topliss-reactive ketones (excluding diaryl/α,β-unsaturated/α-hetero) is 1. The third-order valence-electron chi connectivity index (χ3n) is 5.02. The van der Waals surface area contributed by atoms with Crippen LogP contribution in [-0.4, -0.2) is 26.8 Å². The number of phenols is 1. The molecule has 3 aromatic carbocycles. The summed E-state index contributed by atoms with van der Waals surface area (Å²) in [7, 11) is 0. The fraction of sp³-hybridized carbons (Fsp3) is 0.0435. The molecular formula is C23H16N2O6. The number of nitrogens with zero attached hydrogens (tertiary/aromatic N) is 2. The summed E-state index contributed by atoms with van der Waals surface area (Å²) in [6.45, 7) is 0. The van der Waals surface area contributed by atoms with Crippen LogP contribution in [-0.2, 0) is 9.59 Å². The largest absolute Gasteiger partial charge is 0.508 e. The van der Waals surface area contributed by atoms with E-state index in [4.69, 9.17) is 0 Å². The molecule has 0 bridgehead atoms. The Hall–Kier alpha value is -4.46. The molecule has 31 heavy (non-hydrogen) atoms. The molecular weight excluding hydrogens is 400 g/mol. The molecule has 8 heteroatoms. The lowest BCUT2D eigenvalue weighted by Gasteiger charge is -2.25. The third-order valence-corrected chi connectivity index (χ3v) is 5.02. The van der Waals surface area contributed by atoms with E-state index in [0.717, 1.165) is 6.07 Å². The second-order valence-electron chi connectivity index (χ2n) is 6.90. The van der Waals surface area contributed by atoms with Crippen LogP contribution in [0.5, 0.6) is 5.75 Å². The Kier molecular flexibility index (Phi) is 4.96. The Morgan fingerprint density at radius 2 is 1.61 bits per heavy atom. The van der Waals surface area contributed by atoms with E-state index >= 15 is 0 Å². The number of non-ortho nitro benzene ring substituents is 1. The van der Waals surface area contributed by atoms with Crippen molar-refractivity contribution in [3.63, 3.8) is 0 Å². The van der Waals surface area contributed by atoms with Crippen molar-refractivity contribution < 1.29 is 24.7 Å². The number of hydrogen-bond acceptors (Lipinski definition) is 6. The molecule has 0 spiro atoms. The molecule has 1 aliphatic rings. The minimum Gasteiger partial charge on any atom is -0.508 e. The minimum atomic E-state index is -0.984. The van der Waals surface area contributed by atoms with Gasteiger partial charge in [0.05, 0.1) is 16.5 Å². The highest BCUT2D eigenvalue weighted by Crippen LogP contribution is 2.42. The molecule has 1 aliphatic heterocycles. The average Bonchev–Trinajstić information content (AvgIpc) is 3.05. The van der Waals surface area contributed by atoms with Gasteiger partial charge < -0.3 is 10.2 Å². The Morgan fingerprint density at radius 1 is 0.935 bits per heavy atom. The van der Waals surface area contributed by atoms with Crippen molar-refractivity contribution in [2.45, 2.75) is 6.04 Å². The summed E-state index contributed by atoms with van der Waals surface area (Å²) < 4.78 is 0. The van der Waals surface area contributed by atoms with E-state index in [1.807, 2.05) is 0 Å². The summed E-state index contributed by atoms with van der Waals surface area (Å²) in [6.07, 6.45) is 0. The first-order chi connectivity index (χ1) is 14.9. The van der Waals surface area contributed by atoms with Crippen molar-refractivity contribution in [3.05, 3.63) is 106 Å². The molecule has 0 aliphatic carbocycles. The number of benzene rings is 3. The van der Waals surface area contributed by atoms with Gasteiger partial charge in [0.1, 0.15) is 11.5 Å². The van der Waals surface area contributed by atoms with E-state index in [2.05, 4.69) is 0 Å². The van der Waals surface area contributed by atoms with Crippen LogP contribution in [0.3, 0.4) is 0 Å². The highest BCUT2D eigenvalue weighted by atomic mass is 16.6. The van der Waals surface area contributed by atoms with Crippen LogP contribution in [0, 0.1) is 10.1 Å². The van der Waals surface area contributed by atoms with Gasteiger partial charge in [0.25, 0.3) is 17.4 Å². The lowest BCUT2D eigenvalue weighted by molar-refractivity contribution is -0.384. The first kappa shape index (κ1) is 19.8. The van der Waals surface area contributed by atoms with Crippen LogP contribution in [0.25, 0.3) is 5.76 Å². The summed E-state index contributed by atoms with van der Waals surface area (Å²) in [4.78, 5) is 37.7. The summed E-state index contributed by atoms with van der Waals surface area (Å²) >= 11 is 0. The van der Waals surface area contributed by atoms with Gasteiger partial charge in [0.2, 0.25) is 0 Å². The topological polar surface area (TPSA) is 121 Å². The zero-order valence-electron chi connectivity index (χ0n) is 16.0. The van der Waals surface area contributed by atoms with Gasteiger partial charge in [-0.05, 0) is 29.8 Å². The zero-order valence-corrected chi connectivity index (χ0v) is 16.0. The molecule has 3 aromatic rings. The number of hydrogen-bond donors (Lipinski definition) is 2. The molecule has 1 unspecified atom stereocenters. The maximum absolute atomic E-state index is 13.0. The number of rotatable bonds is 4. The fourth-order valence-electron chi connectivity index (χ4n) is 3.58. The number of aromatic hydroxyl groups is 1. The Morgan fingerprint density at radius 3 is 2.26 bits per heavy atom. The van der Waals surface area contributed by atoms with Crippen molar-refractivity contribution in [1.29, 1.82) is 0 Å². The van der Waals surface area contributed by atoms with Crippen molar-refractivity contribution in [2.24, 2.45) is 0 Å². The van der Waals surface area contributed by atoms with Gasteiger partial charge in [-0.3, -0.25) is 24.6 Å². The predicted molar refractivity (Wildman–Crippen MR) is 112 cm³/mol. The number of carbonyl (C=O) groups is 2. The number of ketones is 1. The lowest BCUT2D eigenvalue weighted by Crippen LogP contribution is -2.29. The Labute approximate surface area is 176 Å². The van der Waals surface area contributed by atoms with Crippen molar-refractivity contribution in [2.75, 3.05) is 4.90 Å². The first-order valence-corrected chi connectivity index (χ1v) is 9.28. The molecule has 0 saturated carbocycles.